The molecular weight excluding hydrogens is 330 g/mol. The molecule has 3 nitrogen and oxygen atoms in total. The smallest absolute Gasteiger partial charge is 0.138 e. The minimum Gasteiger partial charge on any atom is -0.497 e. The molecule has 0 saturated carbocycles. The third-order valence-corrected chi connectivity index (χ3v) is 3.78. The van der Waals surface area contributed by atoms with Crippen molar-refractivity contribution in [2.24, 2.45) is 0 Å². The van der Waals surface area contributed by atoms with Crippen LogP contribution < -0.4 is 14.8 Å². The van der Waals surface area contributed by atoms with Gasteiger partial charge in [-0.25, -0.2) is 0 Å². The summed E-state index contributed by atoms with van der Waals surface area (Å²) >= 11 is 3.56. The second-order valence-electron chi connectivity index (χ2n) is 4.65. The van der Waals surface area contributed by atoms with Crippen LogP contribution in [-0.4, -0.2) is 13.7 Å². The van der Waals surface area contributed by atoms with E-state index >= 15 is 0 Å². The SMILES string of the molecule is CCNCc1cccc(Br)c1OCc1ccc(OC)cc1. The van der Waals surface area contributed by atoms with Crippen LogP contribution >= 0.6 is 15.9 Å². The predicted octanol–water partition coefficient (Wildman–Crippen LogP) is 4.15. The van der Waals surface area contributed by atoms with E-state index < -0.39 is 0 Å². The summed E-state index contributed by atoms with van der Waals surface area (Å²) in [6, 6.07) is 14.0. The fraction of sp³-hybridized carbons (Fsp3) is 0.294. The average molecular weight is 350 g/mol. The van der Waals surface area contributed by atoms with Crippen molar-refractivity contribution < 1.29 is 9.47 Å². The van der Waals surface area contributed by atoms with Crippen LogP contribution in [0.4, 0.5) is 0 Å². The van der Waals surface area contributed by atoms with Gasteiger partial charge in [0.15, 0.2) is 0 Å². The van der Waals surface area contributed by atoms with E-state index in [-0.39, 0.29) is 0 Å². The third kappa shape index (κ3) is 4.48. The van der Waals surface area contributed by atoms with Gasteiger partial charge in [0.05, 0.1) is 11.6 Å². The molecule has 21 heavy (non-hydrogen) atoms. The topological polar surface area (TPSA) is 30.5 Å². The molecule has 0 bridgehead atoms. The van der Waals surface area contributed by atoms with Crippen LogP contribution in [-0.2, 0) is 13.2 Å². The summed E-state index contributed by atoms with van der Waals surface area (Å²) in [7, 11) is 1.67. The highest BCUT2D eigenvalue weighted by Crippen LogP contribution is 2.30. The highest BCUT2D eigenvalue weighted by molar-refractivity contribution is 9.10. The van der Waals surface area contributed by atoms with Crippen LogP contribution in [0.15, 0.2) is 46.9 Å². The van der Waals surface area contributed by atoms with Gasteiger partial charge in [-0.1, -0.05) is 31.2 Å². The Morgan fingerprint density at radius 2 is 1.86 bits per heavy atom. The molecule has 0 unspecified atom stereocenters. The zero-order chi connectivity index (χ0) is 15.1. The molecule has 0 aromatic heterocycles. The van der Waals surface area contributed by atoms with Gasteiger partial charge < -0.3 is 14.8 Å². The van der Waals surface area contributed by atoms with E-state index in [0.717, 1.165) is 40.2 Å². The zero-order valence-electron chi connectivity index (χ0n) is 12.4. The van der Waals surface area contributed by atoms with E-state index in [1.807, 2.05) is 36.4 Å². The second kappa shape index (κ2) is 8.05. The average Bonchev–Trinajstić information content (AvgIpc) is 2.52. The summed E-state index contributed by atoms with van der Waals surface area (Å²) in [6.45, 7) is 4.36. The summed E-state index contributed by atoms with van der Waals surface area (Å²) in [4.78, 5) is 0. The number of hydrogen-bond donors (Lipinski definition) is 1. The molecule has 0 amide bonds. The van der Waals surface area contributed by atoms with Crippen molar-refractivity contribution >= 4 is 15.9 Å². The number of benzene rings is 2. The van der Waals surface area contributed by atoms with Crippen molar-refractivity contribution in [3.63, 3.8) is 0 Å². The van der Waals surface area contributed by atoms with Gasteiger partial charge in [0.1, 0.15) is 18.1 Å². The first-order valence-corrected chi connectivity index (χ1v) is 7.77. The Bertz CT molecular complexity index is 570. The molecule has 112 valence electrons. The molecule has 0 aliphatic rings. The third-order valence-electron chi connectivity index (χ3n) is 3.16. The largest absolute Gasteiger partial charge is 0.497 e. The highest BCUT2D eigenvalue weighted by Gasteiger charge is 2.08. The summed E-state index contributed by atoms with van der Waals surface area (Å²) < 4.78 is 12.1. The molecule has 0 fully saturated rings. The normalized spacial score (nSPS) is 10.4. The van der Waals surface area contributed by atoms with Crippen LogP contribution in [0.3, 0.4) is 0 Å². The van der Waals surface area contributed by atoms with Gasteiger partial charge >= 0.3 is 0 Å². The standard InChI is InChI=1S/C17H20BrNO2/c1-3-19-11-14-5-4-6-16(18)17(14)21-12-13-7-9-15(20-2)10-8-13/h4-10,19H,3,11-12H2,1-2H3. The second-order valence-corrected chi connectivity index (χ2v) is 5.50. The lowest BCUT2D eigenvalue weighted by atomic mass is 10.2. The van der Waals surface area contributed by atoms with Gasteiger partial charge in [0, 0.05) is 12.1 Å². The molecule has 0 atom stereocenters. The molecule has 1 N–H and O–H groups in total. The molecule has 0 aliphatic carbocycles. The van der Waals surface area contributed by atoms with E-state index in [1.165, 1.54) is 0 Å². The van der Waals surface area contributed by atoms with E-state index in [2.05, 4.69) is 34.2 Å². The van der Waals surface area contributed by atoms with E-state index in [9.17, 15) is 0 Å². The molecule has 2 rings (SSSR count). The van der Waals surface area contributed by atoms with Crippen molar-refractivity contribution in [2.45, 2.75) is 20.1 Å². The fourth-order valence-electron chi connectivity index (χ4n) is 1.99. The summed E-state index contributed by atoms with van der Waals surface area (Å²) in [5, 5.41) is 3.33. The molecule has 4 heteroatoms. The molecule has 0 spiro atoms. The minimum atomic E-state index is 0.533. The van der Waals surface area contributed by atoms with Gasteiger partial charge in [0.2, 0.25) is 0 Å². The lowest BCUT2D eigenvalue weighted by molar-refractivity contribution is 0.300. The van der Waals surface area contributed by atoms with Crippen LogP contribution in [0.5, 0.6) is 11.5 Å². The van der Waals surface area contributed by atoms with E-state index in [4.69, 9.17) is 9.47 Å². The number of halogens is 1. The number of methoxy groups -OCH3 is 1. The van der Waals surface area contributed by atoms with Gasteiger partial charge in [0.25, 0.3) is 0 Å². The monoisotopic (exact) mass is 349 g/mol. The number of hydrogen-bond acceptors (Lipinski definition) is 3. The van der Waals surface area contributed by atoms with E-state index in [1.54, 1.807) is 7.11 Å². The summed E-state index contributed by atoms with van der Waals surface area (Å²) in [6.07, 6.45) is 0. The van der Waals surface area contributed by atoms with Crippen LogP contribution in [0, 0.1) is 0 Å². The van der Waals surface area contributed by atoms with Gasteiger partial charge in [-0.05, 0) is 46.2 Å². The number of rotatable bonds is 7. The van der Waals surface area contributed by atoms with E-state index in [0.29, 0.717) is 6.61 Å². The number of nitrogens with one attached hydrogen (secondary N) is 1. The van der Waals surface area contributed by atoms with Crippen LogP contribution in [0.2, 0.25) is 0 Å². The number of ether oxygens (including phenoxy) is 2. The predicted molar refractivity (Wildman–Crippen MR) is 88.8 cm³/mol. The maximum Gasteiger partial charge on any atom is 0.138 e. The molecule has 2 aromatic carbocycles. The van der Waals surface area contributed by atoms with Crippen molar-refractivity contribution in [3.8, 4) is 11.5 Å². The first kappa shape index (κ1) is 15.9. The van der Waals surface area contributed by atoms with Crippen molar-refractivity contribution in [2.75, 3.05) is 13.7 Å². The molecule has 2 aromatic rings. The van der Waals surface area contributed by atoms with Crippen molar-refractivity contribution in [3.05, 3.63) is 58.1 Å². The first-order chi connectivity index (χ1) is 10.2. The Morgan fingerprint density at radius 3 is 2.52 bits per heavy atom. The Balaban J connectivity index is 2.07. The summed E-state index contributed by atoms with van der Waals surface area (Å²) in [5.74, 6) is 1.75. The quantitative estimate of drug-likeness (QED) is 0.814. The first-order valence-electron chi connectivity index (χ1n) is 6.98. The van der Waals surface area contributed by atoms with Gasteiger partial charge in [-0.3, -0.25) is 0 Å². The van der Waals surface area contributed by atoms with Crippen molar-refractivity contribution in [1.82, 2.24) is 5.32 Å². The van der Waals surface area contributed by atoms with Crippen LogP contribution in [0.1, 0.15) is 18.1 Å². The van der Waals surface area contributed by atoms with Gasteiger partial charge in [-0.2, -0.15) is 0 Å². The maximum atomic E-state index is 6.00. The zero-order valence-corrected chi connectivity index (χ0v) is 13.9. The number of para-hydroxylation sites is 1. The molecule has 0 aliphatic heterocycles. The Morgan fingerprint density at radius 1 is 1.10 bits per heavy atom. The maximum absolute atomic E-state index is 6.00. The summed E-state index contributed by atoms with van der Waals surface area (Å²) in [5.41, 5.74) is 2.26. The highest BCUT2D eigenvalue weighted by atomic mass is 79.9. The fourth-order valence-corrected chi connectivity index (χ4v) is 2.51. The Kier molecular flexibility index (Phi) is 6.08. The Hall–Kier alpha value is -1.52. The van der Waals surface area contributed by atoms with Crippen molar-refractivity contribution in [1.29, 1.82) is 0 Å². The van der Waals surface area contributed by atoms with Crippen LogP contribution in [0.25, 0.3) is 0 Å². The molecular formula is C17H20BrNO2. The minimum absolute atomic E-state index is 0.533. The molecule has 0 radical (unpaired) electrons. The van der Waals surface area contributed by atoms with Gasteiger partial charge in [-0.15, -0.1) is 0 Å². The molecule has 0 saturated heterocycles. The Labute approximate surface area is 134 Å². The lowest BCUT2D eigenvalue weighted by Crippen LogP contribution is -2.13. The lowest BCUT2D eigenvalue weighted by Gasteiger charge is -2.14. The molecule has 0 heterocycles.